The van der Waals surface area contributed by atoms with Gasteiger partial charge in [0, 0.05) is 19.1 Å². The number of ether oxygens (including phenoxy) is 3. The zero-order chi connectivity index (χ0) is 16.2. The van der Waals surface area contributed by atoms with Crippen molar-refractivity contribution in [3.63, 3.8) is 0 Å². The number of unbranched alkanes of at least 4 members (excludes halogenated alkanes) is 1. The first-order valence-electron chi connectivity index (χ1n) is 7.58. The molecular formula is C17H24O5. The maximum Gasteiger partial charge on any atom is 0.302 e. The molecule has 1 aromatic carbocycles. The van der Waals surface area contributed by atoms with Gasteiger partial charge in [0.25, 0.3) is 0 Å². The largest absolute Gasteiger partial charge is 0.491 e. The molecule has 0 aliphatic rings. The molecule has 5 heteroatoms. The zero-order valence-electron chi connectivity index (χ0n) is 13.2. The highest BCUT2D eigenvalue weighted by Gasteiger charge is 2.07. The highest BCUT2D eigenvalue weighted by atomic mass is 16.5. The van der Waals surface area contributed by atoms with Crippen molar-refractivity contribution in [2.45, 2.75) is 39.2 Å². The first kappa shape index (κ1) is 18.2. The first-order chi connectivity index (χ1) is 10.7. The van der Waals surface area contributed by atoms with Crippen molar-refractivity contribution in [2.24, 2.45) is 0 Å². The van der Waals surface area contributed by atoms with Gasteiger partial charge in [-0.05, 0) is 43.5 Å². The van der Waals surface area contributed by atoms with Crippen molar-refractivity contribution in [1.82, 2.24) is 0 Å². The number of aldehydes is 1. The molecule has 1 atom stereocenters. The Kier molecular flexibility index (Phi) is 8.91. The van der Waals surface area contributed by atoms with E-state index in [1.807, 2.05) is 6.92 Å². The zero-order valence-corrected chi connectivity index (χ0v) is 13.2. The Morgan fingerprint density at radius 2 is 1.86 bits per heavy atom. The molecule has 0 heterocycles. The molecule has 0 bridgehead atoms. The smallest absolute Gasteiger partial charge is 0.302 e. The van der Waals surface area contributed by atoms with E-state index in [-0.39, 0.29) is 12.1 Å². The van der Waals surface area contributed by atoms with E-state index in [4.69, 9.17) is 14.2 Å². The lowest BCUT2D eigenvalue weighted by Gasteiger charge is -2.17. The molecule has 1 aromatic rings. The van der Waals surface area contributed by atoms with Crippen LogP contribution in [-0.4, -0.2) is 38.2 Å². The molecule has 5 nitrogen and oxygen atoms in total. The highest BCUT2D eigenvalue weighted by Crippen LogP contribution is 2.12. The van der Waals surface area contributed by atoms with Crippen LogP contribution in [0.1, 0.15) is 43.5 Å². The number of carbonyl (C=O) groups excluding carboxylic acids is 2. The van der Waals surface area contributed by atoms with Gasteiger partial charge in [0.1, 0.15) is 18.6 Å². The summed E-state index contributed by atoms with van der Waals surface area (Å²) in [5.41, 5.74) is 0.628. The van der Waals surface area contributed by atoms with Crippen LogP contribution in [0.2, 0.25) is 0 Å². The molecule has 1 rings (SSSR count). The molecule has 0 aromatic heterocycles. The molecule has 0 aliphatic carbocycles. The van der Waals surface area contributed by atoms with Gasteiger partial charge in [-0.25, -0.2) is 0 Å². The van der Waals surface area contributed by atoms with Crippen LogP contribution < -0.4 is 4.74 Å². The van der Waals surface area contributed by atoms with Gasteiger partial charge in [-0.2, -0.15) is 0 Å². The second-order valence-electron chi connectivity index (χ2n) is 4.95. The molecule has 0 fully saturated rings. The van der Waals surface area contributed by atoms with Crippen LogP contribution in [0.15, 0.2) is 24.3 Å². The lowest BCUT2D eigenvalue weighted by Crippen LogP contribution is -2.21. The number of hydrogen-bond donors (Lipinski definition) is 0. The summed E-state index contributed by atoms with van der Waals surface area (Å²) in [4.78, 5) is 21.2. The van der Waals surface area contributed by atoms with Gasteiger partial charge in [-0.3, -0.25) is 9.59 Å². The van der Waals surface area contributed by atoms with Crippen molar-refractivity contribution in [2.75, 3.05) is 19.8 Å². The van der Waals surface area contributed by atoms with Crippen molar-refractivity contribution < 1.29 is 23.8 Å². The quantitative estimate of drug-likeness (QED) is 0.357. The number of esters is 1. The van der Waals surface area contributed by atoms with E-state index in [0.29, 0.717) is 25.4 Å². The Morgan fingerprint density at radius 1 is 1.18 bits per heavy atom. The Morgan fingerprint density at radius 3 is 2.45 bits per heavy atom. The number of benzene rings is 1. The third-order valence-electron chi connectivity index (χ3n) is 3.10. The van der Waals surface area contributed by atoms with Gasteiger partial charge in [0.15, 0.2) is 0 Å². The Balaban J connectivity index is 2.18. The second-order valence-corrected chi connectivity index (χ2v) is 4.95. The Labute approximate surface area is 131 Å². The maximum atomic E-state index is 10.6. The molecule has 22 heavy (non-hydrogen) atoms. The van der Waals surface area contributed by atoms with Crippen molar-refractivity contribution in [3.05, 3.63) is 29.8 Å². The maximum absolute atomic E-state index is 10.6. The van der Waals surface area contributed by atoms with Crippen LogP contribution in [0.3, 0.4) is 0 Å². The molecule has 1 unspecified atom stereocenters. The van der Waals surface area contributed by atoms with Crippen LogP contribution in [0.25, 0.3) is 0 Å². The van der Waals surface area contributed by atoms with Crippen molar-refractivity contribution >= 4 is 12.3 Å². The summed E-state index contributed by atoms with van der Waals surface area (Å²) >= 11 is 0. The molecular weight excluding hydrogens is 284 g/mol. The molecule has 0 spiro atoms. The fourth-order valence-corrected chi connectivity index (χ4v) is 1.79. The normalized spacial score (nSPS) is 11.7. The summed E-state index contributed by atoms with van der Waals surface area (Å²) in [5.74, 6) is 0.476. The lowest BCUT2D eigenvalue weighted by atomic mass is 10.2. The lowest BCUT2D eigenvalue weighted by molar-refractivity contribution is -0.141. The predicted octanol–water partition coefficient (Wildman–Crippen LogP) is 3.02. The van der Waals surface area contributed by atoms with Gasteiger partial charge in [-0.1, -0.05) is 6.92 Å². The summed E-state index contributed by atoms with van der Waals surface area (Å²) in [6.07, 6.45) is 3.33. The van der Waals surface area contributed by atoms with Crippen LogP contribution in [0.4, 0.5) is 0 Å². The minimum absolute atomic E-state index is 0.0273. The highest BCUT2D eigenvalue weighted by molar-refractivity contribution is 5.74. The summed E-state index contributed by atoms with van der Waals surface area (Å²) in [7, 11) is 0. The Bertz CT molecular complexity index is 441. The topological polar surface area (TPSA) is 61.8 Å². The van der Waals surface area contributed by atoms with E-state index in [0.717, 1.165) is 31.3 Å². The van der Waals surface area contributed by atoms with Gasteiger partial charge in [0.2, 0.25) is 0 Å². The number of carbonyl (C=O) groups is 2. The Hall–Kier alpha value is -1.88. The molecule has 122 valence electrons. The van der Waals surface area contributed by atoms with E-state index < -0.39 is 0 Å². The molecule has 0 radical (unpaired) electrons. The summed E-state index contributed by atoms with van der Waals surface area (Å²) in [6, 6.07) is 6.99. The van der Waals surface area contributed by atoms with E-state index in [1.165, 1.54) is 6.92 Å². The fourth-order valence-electron chi connectivity index (χ4n) is 1.79. The van der Waals surface area contributed by atoms with Crippen LogP contribution >= 0.6 is 0 Å². The van der Waals surface area contributed by atoms with Gasteiger partial charge >= 0.3 is 5.97 Å². The van der Waals surface area contributed by atoms with Crippen LogP contribution in [-0.2, 0) is 14.3 Å². The SMILES string of the molecule is CCC(COc1ccc(C=O)cc1)OCCCCOC(C)=O. The second kappa shape index (κ2) is 10.8. The minimum Gasteiger partial charge on any atom is -0.491 e. The van der Waals surface area contributed by atoms with Crippen LogP contribution in [0.5, 0.6) is 5.75 Å². The predicted molar refractivity (Wildman–Crippen MR) is 83.2 cm³/mol. The van der Waals surface area contributed by atoms with Crippen molar-refractivity contribution in [3.8, 4) is 5.75 Å². The summed E-state index contributed by atoms with van der Waals surface area (Å²) in [6.45, 7) is 4.98. The third-order valence-corrected chi connectivity index (χ3v) is 3.10. The molecule has 0 aliphatic heterocycles. The van der Waals surface area contributed by atoms with E-state index >= 15 is 0 Å². The van der Waals surface area contributed by atoms with Crippen LogP contribution in [0, 0.1) is 0 Å². The van der Waals surface area contributed by atoms with Gasteiger partial charge < -0.3 is 14.2 Å². The first-order valence-corrected chi connectivity index (χ1v) is 7.58. The molecule has 0 amide bonds. The third kappa shape index (κ3) is 7.78. The van der Waals surface area contributed by atoms with Gasteiger partial charge in [-0.15, -0.1) is 0 Å². The van der Waals surface area contributed by atoms with E-state index in [2.05, 4.69) is 0 Å². The van der Waals surface area contributed by atoms with Crippen molar-refractivity contribution in [1.29, 1.82) is 0 Å². The fraction of sp³-hybridized carbons (Fsp3) is 0.529. The number of hydrogen-bond acceptors (Lipinski definition) is 5. The average Bonchev–Trinajstić information content (AvgIpc) is 2.53. The van der Waals surface area contributed by atoms with Gasteiger partial charge in [0.05, 0.1) is 12.7 Å². The van der Waals surface area contributed by atoms with E-state index in [9.17, 15) is 9.59 Å². The van der Waals surface area contributed by atoms with E-state index in [1.54, 1.807) is 24.3 Å². The molecule has 0 N–H and O–H groups in total. The standard InChI is InChI=1S/C17H24O5/c1-3-16(21-11-5-4-10-20-14(2)19)13-22-17-8-6-15(12-18)7-9-17/h6-9,12,16H,3-5,10-11,13H2,1-2H3. The average molecular weight is 308 g/mol. The molecule has 0 saturated carbocycles. The monoisotopic (exact) mass is 308 g/mol. The summed E-state index contributed by atoms with van der Waals surface area (Å²) < 4.78 is 16.3. The summed E-state index contributed by atoms with van der Waals surface area (Å²) in [5, 5.41) is 0. The number of rotatable bonds is 11. The minimum atomic E-state index is -0.249. The molecule has 0 saturated heterocycles.